The highest BCUT2D eigenvalue weighted by Gasteiger charge is 2.28. The van der Waals surface area contributed by atoms with Gasteiger partial charge in [0.05, 0.1) is 10.6 Å². The summed E-state index contributed by atoms with van der Waals surface area (Å²) in [5.41, 5.74) is 0.477. The van der Waals surface area contributed by atoms with Gasteiger partial charge in [-0.15, -0.1) is 0 Å². The first kappa shape index (κ1) is 18.4. The molecular weight excluding hydrogens is 324 g/mol. The molecule has 0 spiro atoms. The van der Waals surface area contributed by atoms with E-state index < -0.39 is 5.60 Å². The Kier molecular flexibility index (Phi) is 5.94. The Bertz CT molecular complexity index is 624. The van der Waals surface area contributed by atoms with Gasteiger partial charge in [0.15, 0.2) is 0 Å². The Labute approximate surface area is 147 Å². The number of alkyl carbamates (subject to hydrolysis) is 1. The summed E-state index contributed by atoms with van der Waals surface area (Å²) < 4.78 is 5.35. The molecule has 1 N–H and O–H groups in total. The van der Waals surface area contributed by atoms with Gasteiger partial charge < -0.3 is 15.0 Å². The largest absolute Gasteiger partial charge is 0.444 e. The van der Waals surface area contributed by atoms with Gasteiger partial charge in [-0.25, -0.2) is 4.79 Å². The van der Waals surface area contributed by atoms with Gasteiger partial charge in [0, 0.05) is 31.5 Å². The van der Waals surface area contributed by atoms with Crippen molar-refractivity contribution in [1.29, 1.82) is 5.26 Å². The van der Waals surface area contributed by atoms with Crippen molar-refractivity contribution in [2.45, 2.75) is 50.7 Å². The Balaban J connectivity index is 2.08. The number of amides is 1. The summed E-state index contributed by atoms with van der Waals surface area (Å²) >= 11 is 1.11. The molecule has 1 fully saturated rings. The lowest BCUT2D eigenvalue weighted by Gasteiger charge is -2.38. The molecule has 0 aromatic carbocycles. The van der Waals surface area contributed by atoms with E-state index in [0.717, 1.165) is 35.3 Å². The van der Waals surface area contributed by atoms with E-state index in [4.69, 9.17) is 10.00 Å². The van der Waals surface area contributed by atoms with Crippen LogP contribution in [0.25, 0.3) is 0 Å². The first-order valence-electron chi connectivity index (χ1n) is 8.03. The average molecular weight is 348 g/mol. The number of rotatable bonds is 3. The molecule has 1 unspecified atom stereocenters. The van der Waals surface area contributed by atoms with Crippen LogP contribution >= 0.6 is 11.8 Å². The van der Waals surface area contributed by atoms with E-state index in [9.17, 15) is 4.79 Å². The fraction of sp³-hybridized carbons (Fsp3) is 0.588. The molecule has 1 saturated heterocycles. The molecule has 0 radical (unpaired) electrons. The minimum atomic E-state index is -0.508. The number of pyridine rings is 1. The number of carbonyl (C=O) groups excluding carboxylic acids is 1. The summed E-state index contributed by atoms with van der Waals surface area (Å²) in [6, 6.07) is 1.93. The zero-order valence-electron chi connectivity index (χ0n) is 14.6. The van der Waals surface area contributed by atoms with Crippen LogP contribution in [0.1, 0.15) is 34.1 Å². The Hall–Kier alpha value is -1.94. The highest BCUT2D eigenvalue weighted by molar-refractivity contribution is 8.03. The number of aromatic nitrogens is 1. The predicted octanol–water partition coefficient (Wildman–Crippen LogP) is 3.39. The number of nitriles is 1. The number of thiocyanates is 1. The minimum Gasteiger partial charge on any atom is -0.444 e. The van der Waals surface area contributed by atoms with Crippen LogP contribution in [0, 0.1) is 16.6 Å². The molecule has 2 atom stereocenters. The number of hydrogen-bond donors (Lipinski definition) is 1. The third kappa shape index (κ3) is 5.31. The number of nitrogens with zero attached hydrogens (tertiary/aromatic N) is 3. The summed E-state index contributed by atoms with van der Waals surface area (Å²) in [4.78, 5) is 19.2. The zero-order valence-corrected chi connectivity index (χ0v) is 15.4. The van der Waals surface area contributed by atoms with Crippen molar-refractivity contribution in [2.75, 3.05) is 18.0 Å². The van der Waals surface area contributed by atoms with E-state index in [2.05, 4.69) is 27.5 Å². The molecule has 2 heterocycles. The lowest BCUT2D eigenvalue weighted by Crippen LogP contribution is -2.51. The fourth-order valence-electron chi connectivity index (χ4n) is 2.89. The van der Waals surface area contributed by atoms with Gasteiger partial charge in [0.25, 0.3) is 0 Å². The van der Waals surface area contributed by atoms with Crippen LogP contribution in [-0.4, -0.2) is 35.8 Å². The molecule has 2 rings (SSSR count). The van der Waals surface area contributed by atoms with Gasteiger partial charge >= 0.3 is 6.09 Å². The van der Waals surface area contributed by atoms with E-state index in [1.54, 1.807) is 12.4 Å². The molecule has 0 bridgehead atoms. The van der Waals surface area contributed by atoms with E-state index >= 15 is 0 Å². The van der Waals surface area contributed by atoms with Crippen LogP contribution in [0.5, 0.6) is 0 Å². The highest BCUT2D eigenvalue weighted by atomic mass is 32.2. The van der Waals surface area contributed by atoms with Gasteiger partial charge in [0.1, 0.15) is 11.0 Å². The second-order valence-corrected chi connectivity index (χ2v) is 7.95. The topological polar surface area (TPSA) is 78.2 Å². The number of thioether (sulfide) groups is 1. The molecular formula is C17H24N4O2S. The van der Waals surface area contributed by atoms with Crippen LogP contribution < -0.4 is 10.2 Å². The van der Waals surface area contributed by atoms with E-state index in [1.165, 1.54) is 0 Å². The monoisotopic (exact) mass is 348 g/mol. The van der Waals surface area contributed by atoms with Crippen molar-refractivity contribution in [3.8, 4) is 5.40 Å². The van der Waals surface area contributed by atoms with Crippen molar-refractivity contribution in [3.05, 3.63) is 18.5 Å². The predicted molar refractivity (Wildman–Crippen MR) is 94.9 cm³/mol. The van der Waals surface area contributed by atoms with Gasteiger partial charge in [-0.1, -0.05) is 6.92 Å². The molecule has 24 heavy (non-hydrogen) atoms. The van der Waals surface area contributed by atoms with Crippen LogP contribution in [0.2, 0.25) is 0 Å². The number of ether oxygens (including phenoxy) is 1. The summed E-state index contributed by atoms with van der Waals surface area (Å²) in [5, 5.41) is 14.0. The van der Waals surface area contributed by atoms with E-state index in [1.807, 2.05) is 26.8 Å². The number of hydrogen-bond acceptors (Lipinski definition) is 6. The number of nitrogens with one attached hydrogen (secondary N) is 1. The van der Waals surface area contributed by atoms with E-state index in [-0.39, 0.29) is 12.1 Å². The number of carbonyl (C=O) groups is 1. The standard InChI is InChI=1S/C17H24N4O2S/c1-12-7-13(20-16(22)23-17(2,3)4)10-21(9-12)14-5-6-19-8-15(14)24-11-18/h5-6,8,12-13H,7,9-10H2,1-4H3,(H,20,22)/t12-,13?/m1/s1. The second-order valence-electron chi connectivity index (χ2n) is 7.13. The van der Waals surface area contributed by atoms with Gasteiger partial charge in [0.2, 0.25) is 0 Å². The van der Waals surface area contributed by atoms with Crippen LogP contribution in [-0.2, 0) is 4.74 Å². The molecule has 130 valence electrons. The molecule has 0 saturated carbocycles. The van der Waals surface area contributed by atoms with E-state index in [0.29, 0.717) is 12.5 Å². The van der Waals surface area contributed by atoms with Crippen molar-refractivity contribution >= 4 is 23.5 Å². The zero-order chi connectivity index (χ0) is 17.7. The van der Waals surface area contributed by atoms with Crippen molar-refractivity contribution in [1.82, 2.24) is 10.3 Å². The molecule has 6 nitrogen and oxygen atoms in total. The minimum absolute atomic E-state index is 0.0108. The van der Waals surface area contributed by atoms with Gasteiger partial charge in [-0.2, -0.15) is 5.26 Å². The molecule has 1 aliphatic rings. The Morgan fingerprint density at radius 3 is 2.92 bits per heavy atom. The average Bonchev–Trinajstić information content (AvgIpc) is 2.45. The lowest BCUT2D eigenvalue weighted by atomic mass is 9.95. The summed E-state index contributed by atoms with van der Waals surface area (Å²) in [7, 11) is 0. The third-order valence-corrected chi connectivity index (χ3v) is 4.27. The normalized spacial score (nSPS) is 21.0. The maximum Gasteiger partial charge on any atom is 0.407 e. The fourth-order valence-corrected chi connectivity index (χ4v) is 3.40. The first-order chi connectivity index (χ1) is 11.3. The summed E-state index contributed by atoms with van der Waals surface area (Å²) in [5.74, 6) is 0.423. The van der Waals surface area contributed by atoms with Crippen molar-refractivity contribution < 1.29 is 9.53 Å². The number of anilines is 1. The molecule has 7 heteroatoms. The molecule has 1 aromatic rings. The Morgan fingerprint density at radius 2 is 2.25 bits per heavy atom. The van der Waals surface area contributed by atoms with Crippen molar-refractivity contribution in [2.24, 2.45) is 5.92 Å². The smallest absolute Gasteiger partial charge is 0.407 e. The summed E-state index contributed by atoms with van der Waals surface area (Å²) in [6.45, 7) is 9.29. The maximum absolute atomic E-state index is 12.0. The molecule has 0 aliphatic carbocycles. The lowest BCUT2D eigenvalue weighted by molar-refractivity contribution is 0.0495. The van der Waals surface area contributed by atoms with Gasteiger partial charge in [-0.3, -0.25) is 4.98 Å². The quantitative estimate of drug-likeness (QED) is 0.666. The first-order valence-corrected chi connectivity index (χ1v) is 8.84. The SMILES string of the molecule is C[C@@H]1CC(NC(=O)OC(C)(C)C)CN(c2ccncc2SC#N)C1. The molecule has 1 amide bonds. The van der Waals surface area contributed by atoms with Crippen LogP contribution in [0.15, 0.2) is 23.4 Å². The van der Waals surface area contributed by atoms with Crippen LogP contribution in [0.4, 0.5) is 10.5 Å². The van der Waals surface area contributed by atoms with Crippen LogP contribution in [0.3, 0.4) is 0 Å². The molecule has 1 aromatic heterocycles. The van der Waals surface area contributed by atoms with Crippen molar-refractivity contribution in [3.63, 3.8) is 0 Å². The number of piperidine rings is 1. The second kappa shape index (κ2) is 7.75. The summed E-state index contributed by atoms with van der Waals surface area (Å²) in [6.07, 6.45) is 3.95. The third-order valence-electron chi connectivity index (χ3n) is 3.64. The highest BCUT2D eigenvalue weighted by Crippen LogP contribution is 2.31. The maximum atomic E-state index is 12.0. The Morgan fingerprint density at radius 1 is 1.50 bits per heavy atom. The van der Waals surface area contributed by atoms with Gasteiger partial charge in [-0.05, 0) is 50.9 Å². The molecule has 1 aliphatic heterocycles.